The van der Waals surface area contributed by atoms with Crippen LogP contribution in [0.3, 0.4) is 0 Å². The fourth-order valence-corrected chi connectivity index (χ4v) is 6.10. The Morgan fingerprint density at radius 1 is 0.953 bits per heavy atom. The van der Waals surface area contributed by atoms with E-state index in [1.54, 1.807) is 0 Å². The lowest BCUT2D eigenvalue weighted by Crippen LogP contribution is -2.18. The number of rotatable bonds is 11. The first-order valence-electron chi connectivity index (χ1n) is 12.2. The average molecular weight is 646 g/mol. The molecule has 0 atom stereocenters. The fourth-order valence-electron chi connectivity index (χ4n) is 3.79. The highest BCUT2D eigenvalue weighted by atomic mass is 32.2. The molecule has 3 rings (SSSR count). The molecule has 0 aliphatic rings. The van der Waals surface area contributed by atoms with E-state index in [4.69, 9.17) is 14.2 Å². The largest absolute Gasteiger partial charge is 0.493 e. The highest BCUT2D eigenvalue weighted by Gasteiger charge is 2.35. The van der Waals surface area contributed by atoms with Gasteiger partial charge in [0.15, 0.2) is 11.5 Å². The first kappa shape index (κ1) is 33.3. The number of anilines is 1. The van der Waals surface area contributed by atoms with Crippen LogP contribution in [-0.4, -0.2) is 70.4 Å². The predicted molar refractivity (Wildman–Crippen MR) is 147 cm³/mol. The quantitative estimate of drug-likeness (QED) is 0.234. The van der Waals surface area contributed by atoms with E-state index in [2.05, 4.69) is 20.0 Å². The highest BCUT2D eigenvalue weighted by Crippen LogP contribution is 2.36. The van der Waals surface area contributed by atoms with Crippen molar-refractivity contribution in [2.24, 2.45) is 0 Å². The van der Waals surface area contributed by atoms with Gasteiger partial charge in [-0.25, -0.2) is 28.0 Å². The molecule has 1 N–H and O–H groups in total. The van der Waals surface area contributed by atoms with Gasteiger partial charge in [-0.05, 0) is 43.2 Å². The zero-order chi connectivity index (χ0) is 32.1. The molecule has 0 fully saturated rings. The van der Waals surface area contributed by atoms with Crippen LogP contribution in [0.25, 0.3) is 11.3 Å². The van der Waals surface area contributed by atoms with Crippen LogP contribution in [0.5, 0.6) is 11.5 Å². The number of methoxy groups -OCH3 is 4. The summed E-state index contributed by atoms with van der Waals surface area (Å²) >= 11 is 0.766. The molecule has 1 amide bonds. The second kappa shape index (κ2) is 13.4. The van der Waals surface area contributed by atoms with E-state index in [9.17, 15) is 36.0 Å². The molecule has 0 saturated heterocycles. The number of esters is 2. The third kappa shape index (κ3) is 7.59. The number of hydrogen-bond donors (Lipinski definition) is 1. The van der Waals surface area contributed by atoms with Gasteiger partial charge in [0, 0.05) is 12.0 Å². The van der Waals surface area contributed by atoms with Gasteiger partial charge in [-0.15, -0.1) is 11.3 Å². The summed E-state index contributed by atoms with van der Waals surface area (Å²) < 4.78 is 86.7. The number of carbonyl (C=O) groups is 3. The van der Waals surface area contributed by atoms with E-state index in [0.717, 1.165) is 25.6 Å². The molecule has 0 aliphatic carbocycles. The van der Waals surface area contributed by atoms with Gasteiger partial charge in [0.2, 0.25) is 20.9 Å². The summed E-state index contributed by atoms with van der Waals surface area (Å²) in [4.78, 5) is 44.1. The van der Waals surface area contributed by atoms with E-state index in [0.29, 0.717) is 11.8 Å². The molecule has 0 bridgehead atoms. The van der Waals surface area contributed by atoms with E-state index >= 15 is 0 Å². The lowest BCUT2D eigenvalue weighted by atomic mass is 10.1. The van der Waals surface area contributed by atoms with Gasteiger partial charge < -0.3 is 24.3 Å². The molecule has 12 nitrogen and oxygen atoms in total. The van der Waals surface area contributed by atoms with Gasteiger partial charge in [0.05, 0.1) is 45.4 Å². The fraction of sp³-hybridized carbons (Fsp3) is 0.346. The minimum Gasteiger partial charge on any atom is -0.493 e. The Hall–Kier alpha value is -4.25. The number of benzene rings is 1. The molecule has 43 heavy (non-hydrogen) atoms. The molecule has 2 heterocycles. The molecule has 0 spiro atoms. The Balaban J connectivity index is 1.84. The number of amides is 1. The highest BCUT2D eigenvalue weighted by molar-refractivity contribution is 7.91. The molecule has 17 heteroatoms. The normalized spacial score (nSPS) is 11.5. The maximum atomic E-state index is 13.7. The van der Waals surface area contributed by atoms with Gasteiger partial charge >= 0.3 is 18.1 Å². The second-order valence-electron chi connectivity index (χ2n) is 8.70. The lowest BCUT2D eigenvalue weighted by molar-refractivity contribution is -0.141. The number of sulfone groups is 1. The zero-order valence-corrected chi connectivity index (χ0v) is 25.1. The van der Waals surface area contributed by atoms with Crippen LogP contribution in [-0.2, 0) is 30.3 Å². The van der Waals surface area contributed by atoms with Crippen molar-refractivity contribution in [2.45, 2.75) is 31.1 Å². The van der Waals surface area contributed by atoms with Crippen molar-refractivity contribution in [3.8, 4) is 22.8 Å². The summed E-state index contributed by atoms with van der Waals surface area (Å²) in [7, 11) is 0.440. The smallest absolute Gasteiger partial charge is 0.433 e. The molecule has 0 saturated carbocycles. The number of nitrogens with one attached hydrogen (secondary N) is 1. The number of thiophene rings is 1. The summed E-state index contributed by atoms with van der Waals surface area (Å²) in [5.41, 5.74) is -1.55. The molecule has 0 unspecified atom stereocenters. The Bertz CT molecular complexity index is 1660. The lowest BCUT2D eigenvalue weighted by Gasteiger charge is -2.13. The number of halogens is 3. The summed E-state index contributed by atoms with van der Waals surface area (Å²) in [5.74, 6) is -2.60. The Morgan fingerprint density at radius 2 is 1.60 bits per heavy atom. The number of nitrogens with zero attached hydrogens (tertiary/aromatic N) is 2. The molecule has 0 radical (unpaired) electrons. The van der Waals surface area contributed by atoms with Gasteiger partial charge in [-0.1, -0.05) is 0 Å². The van der Waals surface area contributed by atoms with Crippen LogP contribution in [0, 0.1) is 6.92 Å². The zero-order valence-electron chi connectivity index (χ0n) is 23.4. The molecule has 3 aromatic rings. The Kier molecular flexibility index (Phi) is 10.3. The van der Waals surface area contributed by atoms with Crippen LogP contribution >= 0.6 is 11.3 Å². The van der Waals surface area contributed by atoms with Crippen molar-refractivity contribution in [1.82, 2.24) is 9.97 Å². The number of aromatic nitrogens is 2. The van der Waals surface area contributed by atoms with Gasteiger partial charge in [-0.3, -0.25) is 4.79 Å². The van der Waals surface area contributed by atoms with E-state index in [-0.39, 0.29) is 44.4 Å². The van der Waals surface area contributed by atoms with Crippen LogP contribution in [0.15, 0.2) is 29.4 Å². The predicted octanol–water partition coefficient (Wildman–Crippen LogP) is 4.32. The van der Waals surface area contributed by atoms with Crippen LogP contribution in [0.1, 0.15) is 44.1 Å². The van der Waals surface area contributed by atoms with Crippen molar-refractivity contribution in [2.75, 3.05) is 39.5 Å². The van der Waals surface area contributed by atoms with Crippen molar-refractivity contribution in [3.05, 3.63) is 46.0 Å². The SMILES string of the molecule is COC(=O)c1sc(NC(=O)CCCS(=O)(=O)c2nc(-c3ccc(OC)c(OC)c3)cc(C(F)(F)F)n2)c(C(=O)OC)c1C. The van der Waals surface area contributed by atoms with Crippen LogP contribution in [0.4, 0.5) is 18.2 Å². The van der Waals surface area contributed by atoms with Crippen molar-refractivity contribution < 1.29 is 54.9 Å². The molecular formula is C26H26F3N3O9S2. The minimum atomic E-state index is -4.99. The van der Waals surface area contributed by atoms with E-state index in [1.807, 2.05) is 0 Å². The van der Waals surface area contributed by atoms with E-state index < -0.39 is 56.9 Å². The third-order valence-electron chi connectivity index (χ3n) is 5.93. The van der Waals surface area contributed by atoms with Crippen LogP contribution in [0.2, 0.25) is 0 Å². The third-order valence-corrected chi connectivity index (χ3v) is 8.68. The van der Waals surface area contributed by atoms with Gasteiger partial charge in [-0.2, -0.15) is 13.2 Å². The average Bonchev–Trinajstić information content (AvgIpc) is 3.30. The van der Waals surface area contributed by atoms with Crippen LogP contribution < -0.4 is 14.8 Å². The Labute approximate surface area is 248 Å². The molecule has 232 valence electrons. The van der Waals surface area contributed by atoms with Crippen molar-refractivity contribution >= 4 is 44.0 Å². The minimum absolute atomic E-state index is 0.0154. The monoisotopic (exact) mass is 645 g/mol. The first-order chi connectivity index (χ1) is 20.2. The topological polar surface area (TPSA) is 160 Å². The standard InChI is InChI=1S/C26H26F3N3O9S2/c1-13-20(23(34)40-4)22(42-21(13)24(35)41-5)32-19(33)7-6-10-43(36,37)25-30-15(12-18(31-25)26(27,28)29)14-8-9-16(38-2)17(11-14)39-3/h8-9,11-12H,6-7,10H2,1-5H3,(H,32,33). The van der Waals surface area contributed by atoms with Crippen molar-refractivity contribution in [3.63, 3.8) is 0 Å². The molecule has 0 aliphatic heterocycles. The summed E-state index contributed by atoms with van der Waals surface area (Å²) in [6, 6.07) is 4.75. The maximum absolute atomic E-state index is 13.7. The number of hydrogen-bond acceptors (Lipinski definition) is 12. The van der Waals surface area contributed by atoms with Crippen molar-refractivity contribution in [1.29, 1.82) is 0 Å². The number of alkyl halides is 3. The van der Waals surface area contributed by atoms with E-state index in [1.165, 1.54) is 39.3 Å². The van der Waals surface area contributed by atoms with Gasteiger partial charge in [0.1, 0.15) is 15.6 Å². The number of ether oxygens (including phenoxy) is 4. The second-order valence-corrected chi connectivity index (χ2v) is 11.7. The molecule has 1 aromatic carbocycles. The summed E-state index contributed by atoms with van der Waals surface area (Å²) in [6.45, 7) is 1.46. The summed E-state index contributed by atoms with van der Waals surface area (Å²) in [6.07, 6.45) is -5.73. The van der Waals surface area contributed by atoms with Gasteiger partial charge in [0.25, 0.3) is 0 Å². The molecule has 2 aromatic heterocycles. The molecular weight excluding hydrogens is 619 g/mol. The first-order valence-corrected chi connectivity index (χ1v) is 14.6. The summed E-state index contributed by atoms with van der Waals surface area (Å²) in [5, 5.41) is 1.36. The number of carbonyl (C=O) groups excluding carboxylic acids is 3. The Morgan fingerprint density at radius 3 is 2.19 bits per heavy atom. The maximum Gasteiger partial charge on any atom is 0.433 e.